The van der Waals surface area contributed by atoms with Gasteiger partial charge in [0.25, 0.3) is 10.0 Å². The average molecular weight is 473 g/mol. The van der Waals surface area contributed by atoms with Gasteiger partial charge in [0.1, 0.15) is 18.9 Å². The lowest BCUT2D eigenvalue weighted by Gasteiger charge is -2.24. The Morgan fingerprint density at radius 1 is 0.969 bits per heavy atom. The third kappa shape index (κ3) is 6.24. The number of aryl methyl sites for hydroxylation is 1. The van der Waals surface area contributed by atoms with E-state index in [-0.39, 0.29) is 24.6 Å². The van der Waals surface area contributed by atoms with Gasteiger partial charge in [0.05, 0.1) is 17.1 Å². The molecular formula is C24H25ClN2O4S. The normalized spacial score (nSPS) is 11.1. The van der Waals surface area contributed by atoms with Crippen molar-refractivity contribution in [3.05, 3.63) is 89.4 Å². The highest BCUT2D eigenvalue weighted by Gasteiger charge is 2.27. The number of anilines is 1. The number of hydrogen-bond acceptors (Lipinski definition) is 4. The minimum absolute atomic E-state index is 0.124. The van der Waals surface area contributed by atoms with Crippen LogP contribution in [0.1, 0.15) is 12.5 Å². The number of nitrogens with zero attached hydrogens (tertiary/aromatic N) is 1. The van der Waals surface area contributed by atoms with Crippen molar-refractivity contribution in [1.82, 2.24) is 5.32 Å². The van der Waals surface area contributed by atoms with E-state index in [0.29, 0.717) is 16.5 Å². The minimum Gasteiger partial charge on any atom is -0.492 e. The maximum absolute atomic E-state index is 13.3. The van der Waals surface area contributed by atoms with Crippen LogP contribution in [0.3, 0.4) is 0 Å². The van der Waals surface area contributed by atoms with Crippen molar-refractivity contribution in [2.75, 3.05) is 24.0 Å². The Hall–Kier alpha value is -3.03. The zero-order valence-corrected chi connectivity index (χ0v) is 19.3. The van der Waals surface area contributed by atoms with Crippen molar-refractivity contribution in [1.29, 1.82) is 0 Å². The first-order valence-corrected chi connectivity index (χ1v) is 12.0. The molecule has 3 aromatic carbocycles. The summed E-state index contributed by atoms with van der Waals surface area (Å²) >= 11 is 5.85. The molecule has 3 aromatic rings. The molecule has 0 atom stereocenters. The number of carbonyl (C=O) groups excluding carboxylic acids is 1. The monoisotopic (exact) mass is 472 g/mol. The molecule has 168 valence electrons. The summed E-state index contributed by atoms with van der Waals surface area (Å²) in [5.74, 6) is 0.205. The van der Waals surface area contributed by atoms with Crippen LogP contribution in [0, 0.1) is 0 Å². The Labute approximate surface area is 193 Å². The van der Waals surface area contributed by atoms with Crippen LogP contribution in [-0.4, -0.2) is 34.0 Å². The molecular weight excluding hydrogens is 448 g/mol. The number of halogens is 1. The predicted octanol–water partition coefficient (Wildman–Crippen LogP) is 4.29. The molecule has 0 saturated carbocycles. The fraction of sp³-hybridized carbons (Fsp3) is 0.208. The van der Waals surface area contributed by atoms with Gasteiger partial charge in [-0.2, -0.15) is 0 Å². The molecule has 0 fully saturated rings. The lowest BCUT2D eigenvalue weighted by molar-refractivity contribution is -0.119. The molecule has 0 heterocycles. The summed E-state index contributed by atoms with van der Waals surface area (Å²) < 4.78 is 33.2. The quantitative estimate of drug-likeness (QED) is 0.446. The summed E-state index contributed by atoms with van der Waals surface area (Å²) in [6.45, 7) is 2.15. The van der Waals surface area contributed by atoms with Crippen LogP contribution in [0.2, 0.25) is 5.02 Å². The molecule has 0 spiro atoms. The molecule has 0 radical (unpaired) electrons. The van der Waals surface area contributed by atoms with E-state index in [1.165, 1.54) is 12.1 Å². The highest BCUT2D eigenvalue weighted by molar-refractivity contribution is 7.92. The molecule has 0 aliphatic carbocycles. The average Bonchev–Trinajstić information content (AvgIpc) is 2.82. The first-order chi connectivity index (χ1) is 15.4. The van der Waals surface area contributed by atoms with Gasteiger partial charge in [-0.15, -0.1) is 0 Å². The Balaban J connectivity index is 1.69. The Bertz CT molecular complexity index is 1120. The Kier molecular flexibility index (Phi) is 8.14. The van der Waals surface area contributed by atoms with E-state index in [0.717, 1.165) is 16.3 Å². The molecule has 0 bridgehead atoms. The molecule has 8 heteroatoms. The van der Waals surface area contributed by atoms with Gasteiger partial charge in [-0.1, -0.05) is 48.9 Å². The summed E-state index contributed by atoms with van der Waals surface area (Å²) in [5.41, 5.74) is 1.51. The second-order valence-corrected chi connectivity index (χ2v) is 9.30. The standard InChI is InChI=1S/C24H25ClN2O4S/c1-2-19-8-12-21(13-9-19)27(32(29,30)23-6-4-3-5-7-23)18-24(28)26-16-17-31-22-14-10-20(25)11-15-22/h3-15H,2,16-18H2,1H3,(H,26,28). The summed E-state index contributed by atoms with van der Waals surface area (Å²) in [5, 5.41) is 3.32. The Morgan fingerprint density at radius 3 is 2.25 bits per heavy atom. The second kappa shape index (κ2) is 11.0. The molecule has 3 rings (SSSR count). The first kappa shape index (κ1) is 23.6. The van der Waals surface area contributed by atoms with E-state index in [9.17, 15) is 13.2 Å². The summed E-state index contributed by atoms with van der Waals surface area (Å²) in [6, 6.07) is 22.1. The van der Waals surface area contributed by atoms with Gasteiger partial charge in [0.15, 0.2) is 0 Å². The lowest BCUT2D eigenvalue weighted by Crippen LogP contribution is -2.41. The molecule has 32 heavy (non-hydrogen) atoms. The molecule has 0 aliphatic rings. The number of sulfonamides is 1. The van der Waals surface area contributed by atoms with E-state index < -0.39 is 15.9 Å². The van der Waals surface area contributed by atoms with Gasteiger partial charge in [0, 0.05) is 5.02 Å². The van der Waals surface area contributed by atoms with Crippen molar-refractivity contribution in [3.63, 3.8) is 0 Å². The van der Waals surface area contributed by atoms with Gasteiger partial charge in [-0.25, -0.2) is 8.42 Å². The zero-order chi connectivity index (χ0) is 23.0. The molecule has 0 aromatic heterocycles. The van der Waals surface area contributed by atoms with Crippen molar-refractivity contribution in [2.24, 2.45) is 0 Å². The minimum atomic E-state index is -3.92. The van der Waals surface area contributed by atoms with Crippen LogP contribution in [0.15, 0.2) is 83.8 Å². The third-order valence-corrected chi connectivity index (χ3v) is 6.80. The van der Waals surface area contributed by atoms with Crippen LogP contribution in [0.25, 0.3) is 0 Å². The van der Waals surface area contributed by atoms with E-state index in [1.54, 1.807) is 54.6 Å². The van der Waals surface area contributed by atoms with E-state index in [1.807, 2.05) is 19.1 Å². The summed E-state index contributed by atoms with van der Waals surface area (Å²) in [6.07, 6.45) is 0.833. The van der Waals surface area contributed by atoms with Gasteiger partial charge >= 0.3 is 0 Å². The van der Waals surface area contributed by atoms with Gasteiger partial charge in [0.2, 0.25) is 5.91 Å². The van der Waals surface area contributed by atoms with Crippen molar-refractivity contribution in [2.45, 2.75) is 18.2 Å². The number of rotatable bonds is 10. The summed E-state index contributed by atoms with van der Waals surface area (Å²) in [4.78, 5) is 12.7. The van der Waals surface area contributed by atoms with E-state index in [4.69, 9.17) is 16.3 Å². The van der Waals surface area contributed by atoms with Gasteiger partial charge in [-0.3, -0.25) is 9.10 Å². The van der Waals surface area contributed by atoms with Gasteiger partial charge in [-0.05, 0) is 60.5 Å². The molecule has 0 unspecified atom stereocenters. The fourth-order valence-corrected chi connectivity index (χ4v) is 4.58. The highest BCUT2D eigenvalue weighted by Crippen LogP contribution is 2.24. The smallest absolute Gasteiger partial charge is 0.264 e. The number of benzene rings is 3. The predicted molar refractivity (Wildman–Crippen MR) is 127 cm³/mol. The fourth-order valence-electron chi connectivity index (χ4n) is 3.01. The topological polar surface area (TPSA) is 75.7 Å². The maximum atomic E-state index is 13.3. The number of carbonyl (C=O) groups is 1. The third-order valence-electron chi connectivity index (χ3n) is 4.76. The van der Waals surface area contributed by atoms with Crippen LogP contribution in [-0.2, 0) is 21.2 Å². The lowest BCUT2D eigenvalue weighted by atomic mass is 10.1. The van der Waals surface area contributed by atoms with Crippen LogP contribution in [0.4, 0.5) is 5.69 Å². The van der Waals surface area contributed by atoms with Crippen LogP contribution < -0.4 is 14.4 Å². The maximum Gasteiger partial charge on any atom is 0.264 e. The number of hydrogen-bond donors (Lipinski definition) is 1. The largest absolute Gasteiger partial charge is 0.492 e. The van der Waals surface area contributed by atoms with Crippen LogP contribution >= 0.6 is 11.6 Å². The SMILES string of the molecule is CCc1ccc(N(CC(=O)NCCOc2ccc(Cl)cc2)S(=O)(=O)c2ccccc2)cc1. The molecule has 0 aliphatic heterocycles. The molecule has 1 amide bonds. The highest BCUT2D eigenvalue weighted by atomic mass is 35.5. The first-order valence-electron chi connectivity index (χ1n) is 10.2. The zero-order valence-electron chi connectivity index (χ0n) is 17.7. The van der Waals surface area contributed by atoms with Crippen LogP contribution in [0.5, 0.6) is 5.75 Å². The number of nitrogens with one attached hydrogen (secondary N) is 1. The molecule has 0 saturated heterocycles. The number of ether oxygens (including phenoxy) is 1. The summed E-state index contributed by atoms with van der Waals surface area (Å²) in [7, 11) is -3.92. The van der Waals surface area contributed by atoms with E-state index >= 15 is 0 Å². The second-order valence-electron chi connectivity index (χ2n) is 7.00. The van der Waals surface area contributed by atoms with Gasteiger partial charge < -0.3 is 10.1 Å². The molecule has 1 N–H and O–H groups in total. The van der Waals surface area contributed by atoms with Crippen molar-refractivity contribution >= 4 is 33.2 Å². The molecule has 6 nitrogen and oxygen atoms in total. The number of amides is 1. The Morgan fingerprint density at radius 2 is 1.62 bits per heavy atom. The van der Waals surface area contributed by atoms with Crippen molar-refractivity contribution < 1.29 is 17.9 Å². The van der Waals surface area contributed by atoms with Crippen molar-refractivity contribution in [3.8, 4) is 5.75 Å². The van der Waals surface area contributed by atoms with E-state index in [2.05, 4.69) is 5.32 Å².